The van der Waals surface area contributed by atoms with Crippen molar-refractivity contribution in [2.75, 3.05) is 26.2 Å². The lowest BCUT2D eigenvalue weighted by Gasteiger charge is -2.47. The first-order valence-electron chi connectivity index (χ1n) is 14.7. The van der Waals surface area contributed by atoms with E-state index >= 15 is 0 Å². The number of piperidine rings is 1. The molecule has 6 heterocycles. The summed E-state index contributed by atoms with van der Waals surface area (Å²) >= 11 is 1.41. The van der Waals surface area contributed by atoms with Gasteiger partial charge in [-0.25, -0.2) is 18.3 Å². The van der Waals surface area contributed by atoms with Gasteiger partial charge in [-0.3, -0.25) is 14.4 Å². The van der Waals surface area contributed by atoms with E-state index in [1.807, 2.05) is 13.8 Å². The van der Waals surface area contributed by atoms with E-state index in [0.29, 0.717) is 43.8 Å². The first-order valence-corrected chi connectivity index (χ1v) is 15.6. The van der Waals surface area contributed by atoms with E-state index in [0.717, 1.165) is 0 Å². The molecule has 1 aromatic rings. The standard InChI is InChI=1S/C27H36F2N8O5S/c1-14(7-16(38)10-36-13-32-33-34-36)19-20-15(2)22(21(25(41)42)37(20)24(19)40)43-17-8-18(30-9-17)23(39)35-5-3-26(4-6-35)11-27(28,29)12-31-26/h13-15,17-20,30-31H,3-12H2,1-2H3,(H,41,42)/t14?,15-,17+,18+,19-,20-/m1/s1. The van der Waals surface area contributed by atoms with Crippen molar-refractivity contribution in [3.63, 3.8) is 0 Å². The van der Waals surface area contributed by atoms with E-state index in [-0.39, 0.29) is 72.4 Å². The van der Waals surface area contributed by atoms with Crippen molar-refractivity contribution in [2.24, 2.45) is 17.8 Å². The van der Waals surface area contributed by atoms with Crippen LogP contribution in [0.25, 0.3) is 0 Å². The number of carboxylic acids is 1. The number of carbonyl (C=O) groups excluding carboxylic acids is 3. The van der Waals surface area contributed by atoms with Crippen molar-refractivity contribution >= 4 is 35.3 Å². The summed E-state index contributed by atoms with van der Waals surface area (Å²) in [6, 6.07) is -0.784. The highest BCUT2D eigenvalue weighted by Gasteiger charge is 2.60. The van der Waals surface area contributed by atoms with Crippen LogP contribution in [0.4, 0.5) is 8.78 Å². The predicted octanol–water partition coefficient (Wildman–Crippen LogP) is 0.495. The van der Waals surface area contributed by atoms with Crippen molar-refractivity contribution < 1.29 is 33.1 Å². The third-order valence-electron chi connectivity index (χ3n) is 9.72. The summed E-state index contributed by atoms with van der Waals surface area (Å²) in [5.41, 5.74) is -0.614. The van der Waals surface area contributed by atoms with Crippen LogP contribution in [0.3, 0.4) is 0 Å². The summed E-state index contributed by atoms with van der Waals surface area (Å²) in [4.78, 5) is 55.2. The molecule has 1 unspecified atom stereocenters. The molecule has 0 aromatic carbocycles. The molecule has 6 rings (SSSR count). The number of aliphatic carboxylic acids is 1. The summed E-state index contributed by atoms with van der Waals surface area (Å²) < 4.78 is 28.9. The predicted molar refractivity (Wildman–Crippen MR) is 148 cm³/mol. The van der Waals surface area contributed by atoms with Crippen molar-refractivity contribution in [1.29, 1.82) is 0 Å². The Morgan fingerprint density at radius 1 is 1.26 bits per heavy atom. The minimum Gasteiger partial charge on any atom is -0.477 e. The maximum atomic E-state index is 13.8. The summed E-state index contributed by atoms with van der Waals surface area (Å²) in [5, 5.41) is 27.0. The molecule has 0 radical (unpaired) electrons. The Labute approximate surface area is 251 Å². The van der Waals surface area contributed by atoms with Crippen LogP contribution in [0.2, 0.25) is 0 Å². The van der Waals surface area contributed by atoms with Crippen LogP contribution in [0, 0.1) is 17.8 Å². The lowest BCUT2D eigenvalue weighted by atomic mass is 9.73. The molecule has 4 fully saturated rings. The molecule has 13 nitrogen and oxygen atoms in total. The number of hydrogen-bond acceptors (Lipinski definition) is 10. The molecule has 2 amide bonds. The van der Waals surface area contributed by atoms with Gasteiger partial charge in [0.25, 0.3) is 5.92 Å². The second kappa shape index (κ2) is 11.2. The molecule has 3 N–H and O–H groups in total. The zero-order valence-electron chi connectivity index (χ0n) is 24.0. The number of β-lactam (4-membered cyclic amide) rings is 1. The Kier molecular flexibility index (Phi) is 7.82. The van der Waals surface area contributed by atoms with Crippen molar-refractivity contribution in [3.05, 3.63) is 16.9 Å². The van der Waals surface area contributed by atoms with Crippen LogP contribution in [-0.2, 0) is 25.7 Å². The molecular formula is C27H36F2N8O5S. The van der Waals surface area contributed by atoms with Gasteiger partial charge in [0.1, 0.15) is 18.6 Å². The lowest BCUT2D eigenvalue weighted by Crippen LogP contribution is -2.62. The van der Waals surface area contributed by atoms with Gasteiger partial charge in [-0.1, -0.05) is 13.8 Å². The molecule has 0 aliphatic carbocycles. The third-order valence-corrected chi connectivity index (χ3v) is 11.2. The average molecular weight is 623 g/mol. The molecular weight excluding hydrogens is 586 g/mol. The van der Waals surface area contributed by atoms with Crippen LogP contribution >= 0.6 is 11.8 Å². The van der Waals surface area contributed by atoms with E-state index in [2.05, 4.69) is 26.2 Å². The van der Waals surface area contributed by atoms with Gasteiger partial charge in [-0.2, -0.15) is 0 Å². The fourth-order valence-corrected chi connectivity index (χ4v) is 9.06. The minimum absolute atomic E-state index is 0.00159. The summed E-state index contributed by atoms with van der Waals surface area (Å²) in [7, 11) is 0. The molecule has 1 aromatic heterocycles. The smallest absolute Gasteiger partial charge is 0.353 e. The number of rotatable bonds is 9. The van der Waals surface area contributed by atoms with Crippen LogP contribution in [0.15, 0.2) is 16.9 Å². The Hall–Kier alpha value is -2.98. The summed E-state index contributed by atoms with van der Waals surface area (Å²) in [6.07, 6.45) is 2.76. The molecule has 16 heteroatoms. The number of aromatic nitrogens is 4. The van der Waals surface area contributed by atoms with Gasteiger partial charge in [0.05, 0.1) is 24.5 Å². The first kappa shape index (κ1) is 30.1. The number of ketones is 1. The van der Waals surface area contributed by atoms with Gasteiger partial charge >= 0.3 is 5.97 Å². The summed E-state index contributed by atoms with van der Waals surface area (Å²) in [6.45, 7) is 4.77. The Balaban J connectivity index is 1.05. The number of tetrazole rings is 1. The first-order chi connectivity index (χ1) is 20.4. The second-order valence-electron chi connectivity index (χ2n) is 12.7. The van der Waals surface area contributed by atoms with Crippen molar-refractivity contribution in [3.8, 4) is 0 Å². The van der Waals surface area contributed by atoms with E-state index in [4.69, 9.17) is 0 Å². The zero-order chi connectivity index (χ0) is 30.7. The van der Waals surface area contributed by atoms with Gasteiger partial charge < -0.3 is 25.5 Å². The van der Waals surface area contributed by atoms with Crippen molar-refractivity contribution in [2.45, 2.75) is 81.3 Å². The number of halogens is 2. The number of amides is 2. The quantitative estimate of drug-likeness (QED) is 0.329. The van der Waals surface area contributed by atoms with Gasteiger partial charge in [0, 0.05) is 54.1 Å². The molecule has 5 aliphatic heterocycles. The number of hydrogen-bond donors (Lipinski definition) is 3. The molecule has 6 atom stereocenters. The van der Waals surface area contributed by atoms with Gasteiger partial charge in [-0.05, 0) is 35.6 Å². The highest BCUT2D eigenvalue weighted by atomic mass is 32.2. The molecule has 1 spiro atoms. The second-order valence-corrected chi connectivity index (χ2v) is 14.0. The largest absolute Gasteiger partial charge is 0.477 e. The van der Waals surface area contributed by atoms with Gasteiger partial charge in [0.2, 0.25) is 11.8 Å². The topological polar surface area (TPSA) is 163 Å². The lowest BCUT2D eigenvalue weighted by molar-refractivity contribution is -0.160. The fourth-order valence-electron chi connectivity index (χ4n) is 7.58. The molecule has 0 saturated carbocycles. The maximum Gasteiger partial charge on any atom is 0.353 e. The normalized spacial score (nSPS) is 31.8. The van der Waals surface area contributed by atoms with Crippen LogP contribution in [0.1, 0.15) is 46.0 Å². The number of carbonyl (C=O) groups is 4. The Morgan fingerprint density at radius 3 is 2.63 bits per heavy atom. The number of Topliss-reactive ketones (excluding diaryl/α,β-unsaturated/α-hetero) is 1. The van der Waals surface area contributed by atoms with Crippen molar-refractivity contribution in [1.82, 2.24) is 40.6 Å². The number of nitrogens with one attached hydrogen (secondary N) is 2. The Bertz CT molecular complexity index is 1330. The van der Waals surface area contributed by atoms with Crippen LogP contribution < -0.4 is 10.6 Å². The number of alkyl halides is 2. The summed E-state index contributed by atoms with van der Waals surface area (Å²) in [5.74, 6) is -5.35. The average Bonchev–Trinajstić information content (AvgIpc) is 3.72. The number of fused-ring (bicyclic) bond motifs is 1. The fraction of sp³-hybridized carbons (Fsp3) is 0.741. The zero-order valence-corrected chi connectivity index (χ0v) is 24.9. The van der Waals surface area contributed by atoms with E-state index in [9.17, 15) is 33.1 Å². The van der Waals surface area contributed by atoms with E-state index in [1.165, 1.54) is 27.7 Å². The Morgan fingerprint density at radius 2 is 2.00 bits per heavy atom. The highest BCUT2D eigenvalue weighted by Crippen LogP contribution is 2.53. The molecule has 0 bridgehead atoms. The number of carboxylic acid groups (broad SMARTS) is 1. The van der Waals surface area contributed by atoms with E-state index < -0.39 is 29.4 Å². The monoisotopic (exact) mass is 622 g/mol. The SMILES string of the molecule is CC(CC(=O)Cn1cnnn1)[C@H]1C(=O)N2C(C(=O)O)=C(S[C@@H]3CN[C@H](C(=O)N4CCC5(CC4)CC(F)(F)CN5)C3)[C@H](C)[C@H]12. The van der Waals surface area contributed by atoms with E-state index in [1.54, 1.807) is 4.90 Å². The number of nitrogens with zero attached hydrogens (tertiary/aromatic N) is 6. The molecule has 4 saturated heterocycles. The third kappa shape index (κ3) is 5.57. The number of thioether (sulfide) groups is 1. The maximum absolute atomic E-state index is 13.8. The molecule has 5 aliphatic rings. The van der Waals surface area contributed by atoms with Crippen LogP contribution in [0.5, 0.6) is 0 Å². The molecule has 43 heavy (non-hydrogen) atoms. The highest BCUT2D eigenvalue weighted by molar-refractivity contribution is 8.03. The van der Waals surface area contributed by atoms with Gasteiger partial charge in [-0.15, -0.1) is 16.9 Å². The molecule has 234 valence electrons. The minimum atomic E-state index is -2.71. The van der Waals surface area contributed by atoms with Gasteiger partial charge in [0.15, 0.2) is 5.78 Å². The number of likely N-dealkylation sites (tertiary alicyclic amines) is 1. The van der Waals surface area contributed by atoms with Crippen LogP contribution in [-0.4, -0.2) is 114 Å².